The van der Waals surface area contributed by atoms with Gasteiger partial charge in [0.25, 0.3) is 0 Å². The molecule has 3 heteroatoms. The Morgan fingerprint density at radius 3 is 2.33 bits per heavy atom. The highest BCUT2D eigenvalue weighted by molar-refractivity contribution is 4.83. The molecule has 0 aromatic carbocycles. The summed E-state index contributed by atoms with van der Waals surface area (Å²) < 4.78 is 16.2. The van der Waals surface area contributed by atoms with E-state index in [-0.39, 0.29) is 18.3 Å². The van der Waals surface area contributed by atoms with Crippen LogP contribution in [0.15, 0.2) is 0 Å². The van der Waals surface area contributed by atoms with E-state index in [1.54, 1.807) is 14.2 Å². The van der Waals surface area contributed by atoms with Crippen molar-refractivity contribution in [2.45, 2.75) is 32.2 Å². The van der Waals surface area contributed by atoms with Gasteiger partial charge in [0.15, 0.2) is 0 Å². The maximum Gasteiger partial charge on any atom is 0.107 e. The van der Waals surface area contributed by atoms with Crippen molar-refractivity contribution in [3.05, 3.63) is 0 Å². The molecule has 72 valence electrons. The minimum absolute atomic E-state index is 0.0844. The lowest BCUT2D eigenvalue weighted by Crippen LogP contribution is -2.48. The van der Waals surface area contributed by atoms with E-state index in [2.05, 4.69) is 13.8 Å². The van der Waals surface area contributed by atoms with Gasteiger partial charge in [0.05, 0.1) is 18.8 Å². The summed E-state index contributed by atoms with van der Waals surface area (Å²) in [5.41, 5.74) is 0. The Bertz CT molecular complexity index is 136. The summed E-state index contributed by atoms with van der Waals surface area (Å²) in [5.74, 6) is 0.397. The van der Waals surface area contributed by atoms with Crippen LogP contribution in [0.2, 0.25) is 0 Å². The minimum Gasteiger partial charge on any atom is -0.378 e. The molecule has 0 aromatic heterocycles. The van der Waals surface area contributed by atoms with E-state index in [0.29, 0.717) is 12.5 Å². The van der Waals surface area contributed by atoms with Gasteiger partial charge in [0.1, 0.15) is 6.10 Å². The predicted molar refractivity (Wildman–Crippen MR) is 46.2 cm³/mol. The molecule has 0 radical (unpaired) electrons. The highest BCUT2D eigenvalue weighted by Gasteiger charge is 2.35. The normalized spacial score (nSPS) is 43.0. The molecule has 1 aliphatic rings. The van der Waals surface area contributed by atoms with Gasteiger partial charge in [0.2, 0.25) is 0 Å². The molecule has 1 saturated heterocycles. The Balaban J connectivity index is 2.58. The van der Waals surface area contributed by atoms with E-state index in [0.717, 1.165) is 0 Å². The van der Waals surface area contributed by atoms with Crippen molar-refractivity contribution in [3.8, 4) is 0 Å². The van der Waals surface area contributed by atoms with Crippen LogP contribution in [-0.4, -0.2) is 39.1 Å². The summed E-state index contributed by atoms with van der Waals surface area (Å²) in [4.78, 5) is 0. The Labute approximate surface area is 74.0 Å². The third-order valence-corrected chi connectivity index (χ3v) is 2.72. The standard InChI is InChI=1S/C9H18O3/c1-6-7(2)12-5-8(10-3)9(6)11-4/h6-9H,5H2,1-4H3. The number of methoxy groups -OCH3 is 2. The lowest BCUT2D eigenvalue weighted by Gasteiger charge is -2.38. The smallest absolute Gasteiger partial charge is 0.107 e. The predicted octanol–water partition coefficient (Wildman–Crippen LogP) is 1.07. The average Bonchev–Trinajstić information content (AvgIpc) is 2.09. The SMILES string of the molecule is COC1COC(C)C(C)C1OC. The second kappa shape index (κ2) is 4.21. The van der Waals surface area contributed by atoms with Crippen LogP contribution < -0.4 is 0 Å². The fourth-order valence-electron chi connectivity index (χ4n) is 1.67. The summed E-state index contributed by atoms with van der Waals surface area (Å²) in [6.45, 7) is 4.84. The third kappa shape index (κ3) is 1.79. The van der Waals surface area contributed by atoms with Crippen LogP contribution in [0, 0.1) is 5.92 Å². The lowest BCUT2D eigenvalue weighted by molar-refractivity contribution is -0.169. The van der Waals surface area contributed by atoms with E-state index in [1.807, 2.05) is 0 Å². The number of ether oxygens (including phenoxy) is 3. The number of rotatable bonds is 2. The van der Waals surface area contributed by atoms with E-state index in [4.69, 9.17) is 14.2 Å². The maximum absolute atomic E-state index is 5.52. The highest BCUT2D eigenvalue weighted by Crippen LogP contribution is 2.24. The van der Waals surface area contributed by atoms with Crippen LogP contribution in [-0.2, 0) is 14.2 Å². The average molecular weight is 174 g/mol. The van der Waals surface area contributed by atoms with Crippen LogP contribution in [0.25, 0.3) is 0 Å². The van der Waals surface area contributed by atoms with Crippen LogP contribution in [0.5, 0.6) is 0 Å². The van der Waals surface area contributed by atoms with Gasteiger partial charge in [-0.1, -0.05) is 6.92 Å². The van der Waals surface area contributed by atoms with Gasteiger partial charge in [-0.05, 0) is 6.92 Å². The first-order valence-electron chi connectivity index (χ1n) is 4.38. The van der Waals surface area contributed by atoms with E-state index in [9.17, 15) is 0 Å². The zero-order valence-electron chi connectivity index (χ0n) is 8.24. The van der Waals surface area contributed by atoms with Crippen molar-refractivity contribution in [3.63, 3.8) is 0 Å². The molecular formula is C9H18O3. The molecule has 1 rings (SSSR count). The summed E-state index contributed by atoms with van der Waals surface area (Å²) >= 11 is 0. The zero-order chi connectivity index (χ0) is 9.14. The van der Waals surface area contributed by atoms with Gasteiger partial charge in [0, 0.05) is 20.1 Å². The fourth-order valence-corrected chi connectivity index (χ4v) is 1.67. The molecule has 3 nitrogen and oxygen atoms in total. The monoisotopic (exact) mass is 174 g/mol. The molecule has 0 aliphatic carbocycles. The molecule has 1 aliphatic heterocycles. The topological polar surface area (TPSA) is 27.7 Å². The van der Waals surface area contributed by atoms with Gasteiger partial charge in [-0.15, -0.1) is 0 Å². The molecule has 1 fully saturated rings. The van der Waals surface area contributed by atoms with Crippen molar-refractivity contribution in [2.24, 2.45) is 5.92 Å². The molecule has 0 N–H and O–H groups in total. The Morgan fingerprint density at radius 1 is 1.17 bits per heavy atom. The zero-order valence-corrected chi connectivity index (χ0v) is 8.24. The lowest BCUT2D eigenvalue weighted by atomic mass is 9.92. The van der Waals surface area contributed by atoms with Crippen LogP contribution >= 0.6 is 0 Å². The van der Waals surface area contributed by atoms with Crippen molar-refractivity contribution in [2.75, 3.05) is 20.8 Å². The first-order valence-corrected chi connectivity index (χ1v) is 4.38. The van der Waals surface area contributed by atoms with Gasteiger partial charge in [-0.3, -0.25) is 0 Å². The van der Waals surface area contributed by atoms with Crippen LogP contribution in [0.4, 0.5) is 0 Å². The molecule has 0 spiro atoms. The molecule has 4 atom stereocenters. The van der Waals surface area contributed by atoms with Crippen molar-refractivity contribution in [1.29, 1.82) is 0 Å². The first-order chi connectivity index (χ1) is 5.70. The Kier molecular flexibility index (Phi) is 3.50. The van der Waals surface area contributed by atoms with Gasteiger partial charge in [-0.25, -0.2) is 0 Å². The molecule has 4 unspecified atom stereocenters. The molecule has 12 heavy (non-hydrogen) atoms. The van der Waals surface area contributed by atoms with Crippen molar-refractivity contribution in [1.82, 2.24) is 0 Å². The molecule has 0 amide bonds. The molecular weight excluding hydrogens is 156 g/mol. The first kappa shape index (κ1) is 9.96. The van der Waals surface area contributed by atoms with E-state index < -0.39 is 0 Å². The number of hydrogen-bond acceptors (Lipinski definition) is 3. The second-order valence-electron chi connectivity index (χ2n) is 3.37. The summed E-state index contributed by atoms with van der Waals surface area (Å²) in [6, 6.07) is 0. The van der Waals surface area contributed by atoms with E-state index >= 15 is 0 Å². The summed E-state index contributed by atoms with van der Waals surface area (Å²) in [7, 11) is 3.42. The molecule has 1 heterocycles. The van der Waals surface area contributed by atoms with Gasteiger partial charge < -0.3 is 14.2 Å². The minimum atomic E-state index is 0.0844. The van der Waals surface area contributed by atoms with Crippen molar-refractivity contribution < 1.29 is 14.2 Å². The molecule has 0 aromatic rings. The summed E-state index contributed by atoms with van der Waals surface area (Å²) in [6.07, 6.45) is 0.515. The van der Waals surface area contributed by atoms with Gasteiger partial charge in [-0.2, -0.15) is 0 Å². The highest BCUT2D eigenvalue weighted by atomic mass is 16.6. The maximum atomic E-state index is 5.52. The van der Waals surface area contributed by atoms with Crippen LogP contribution in [0.1, 0.15) is 13.8 Å². The largest absolute Gasteiger partial charge is 0.378 e. The van der Waals surface area contributed by atoms with Crippen LogP contribution in [0.3, 0.4) is 0 Å². The van der Waals surface area contributed by atoms with Crippen molar-refractivity contribution >= 4 is 0 Å². The molecule has 0 saturated carbocycles. The summed E-state index contributed by atoms with van der Waals surface area (Å²) in [5, 5.41) is 0. The quantitative estimate of drug-likeness (QED) is 0.626. The Hall–Kier alpha value is -0.120. The van der Waals surface area contributed by atoms with E-state index in [1.165, 1.54) is 0 Å². The van der Waals surface area contributed by atoms with Gasteiger partial charge >= 0.3 is 0 Å². The second-order valence-corrected chi connectivity index (χ2v) is 3.37. The fraction of sp³-hybridized carbons (Fsp3) is 1.00. The third-order valence-electron chi connectivity index (χ3n) is 2.72. The number of hydrogen-bond donors (Lipinski definition) is 0. The Morgan fingerprint density at radius 2 is 1.83 bits per heavy atom. The molecule has 0 bridgehead atoms.